The van der Waals surface area contributed by atoms with E-state index < -0.39 is 0 Å². The highest BCUT2D eigenvalue weighted by Crippen LogP contribution is 2.30. The van der Waals surface area contributed by atoms with Crippen molar-refractivity contribution >= 4 is 6.03 Å². The Bertz CT molecular complexity index is 535. The molecule has 2 aliphatic rings. The van der Waals surface area contributed by atoms with Crippen molar-refractivity contribution in [1.29, 1.82) is 0 Å². The van der Waals surface area contributed by atoms with Crippen LogP contribution in [0.25, 0.3) is 0 Å². The Morgan fingerprint density at radius 3 is 2.91 bits per heavy atom. The Hall–Kier alpha value is -1.95. The molecule has 0 bridgehead atoms. The lowest BCUT2D eigenvalue weighted by Gasteiger charge is -2.32. The topological polar surface area (TPSA) is 60.0 Å². The second-order valence-corrected chi connectivity index (χ2v) is 5.48. The van der Waals surface area contributed by atoms with Gasteiger partial charge in [-0.15, -0.1) is 0 Å². The highest BCUT2D eigenvalue weighted by atomic mass is 16.6. The summed E-state index contributed by atoms with van der Waals surface area (Å²) in [6.07, 6.45) is 1.07. The maximum Gasteiger partial charge on any atom is 0.317 e. The van der Waals surface area contributed by atoms with Crippen LogP contribution in [0.3, 0.4) is 0 Å². The quantitative estimate of drug-likeness (QED) is 0.925. The van der Waals surface area contributed by atoms with Gasteiger partial charge in [0.05, 0.1) is 12.7 Å². The molecular formula is C16H22N2O4. The summed E-state index contributed by atoms with van der Waals surface area (Å²) in [5.74, 6) is 1.51. The number of fused-ring (bicyclic) bond motifs is 1. The zero-order chi connectivity index (χ0) is 15.4. The molecule has 1 fully saturated rings. The van der Waals surface area contributed by atoms with Crippen LogP contribution in [0.5, 0.6) is 11.5 Å². The van der Waals surface area contributed by atoms with Crippen LogP contribution in [-0.4, -0.2) is 49.9 Å². The first-order valence-corrected chi connectivity index (χ1v) is 7.79. The predicted octanol–water partition coefficient (Wildman–Crippen LogP) is 1.78. The number of morpholine rings is 1. The molecule has 2 aliphatic heterocycles. The Balaban J connectivity index is 1.54. The van der Waals surface area contributed by atoms with Crippen molar-refractivity contribution in [3.05, 3.63) is 23.8 Å². The fourth-order valence-electron chi connectivity index (χ4n) is 2.64. The van der Waals surface area contributed by atoms with Crippen molar-refractivity contribution in [2.75, 3.05) is 32.9 Å². The molecule has 2 heterocycles. The average molecular weight is 306 g/mol. The summed E-state index contributed by atoms with van der Waals surface area (Å²) in [4.78, 5) is 14.0. The molecule has 120 valence electrons. The van der Waals surface area contributed by atoms with Crippen molar-refractivity contribution in [3.63, 3.8) is 0 Å². The third-order valence-corrected chi connectivity index (χ3v) is 3.93. The molecule has 22 heavy (non-hydrogen) atoms. The van der Waals surface area contributed by atoms with Crippen molar-refractivity contribution < 1.29 is 19.0 Å². The minimum absolute atomic E-state index is 0.0448. The first-order chi connectivity index (χ1) is 10.8. The van der Waals surface area contributed by atoms with Crippen molar-refractivity contribution in [2.24, 2.45) is 0 Å². The highest BCUT2D eigenvalue weighted by Gasteiger charge is 2.22. The molecule has 1 N–H and O–H groups in total. The second-order valence-electron chi connectivity index (χ2n) is 5.48. The van der Waals surface area contributed by atoms with Crippen molar-refractivity contribution in [2.45, 2.75) is 26.0 Å². The summed E-state index contributed by atoms with van der Waals surface area (Å²) in [6.45, 7) is 5.60. The van der Waals surface area contributed by atoms with E-state index >= 15 is 0 Å². The Morgan fingerprint density at radius 1 is 1.27 bits per heavy atom. The standard InChI is InChI=1S/C16H22N2O4/c1-2-13-11-18(5-6-20-13)16(19)17-10-12-3-4-14-15(9-12)22-8-7-21-14/h3-4,9,13H,2,5-8,10-11H2,1H3,(H,17,19). The lowest BCUT2D eigenvalue weighted by Crippen LogP contribution is -2.49. The summed E-state index contributed by atoms with van der Waals surface area (Å²) in [6, 6.07) is 5.71. The van der Waals surface area contributed by atoms with Gasteiger partial charge in [-0.25, -0.2) is 4.79 Å². The van der Waals surface area contributed by atoms with Crippen LogP contribution in [0.1, 0.15) is 18.9 Å². The number of carbonyl (C=O) groups excluding carboxylic acids is 1. The van der Waals surface area contributed by atoms with E-state index in [1.54, 1.807) is 0 Å². The minimum atomic E-state index is -0.0448. The van der Waals surface area contributed by atoms with E-state index in [0.29, 0.717) is 39.5 Å². The van der Waals surface area contributed by atoms with Crippen molar-refractivity contribution in [1.82, 2.24) is 10.2 Å². The molecule has 0 radical (unpaired) electrons. The maximum absolute atomic E-state index is 12.2. The van der Waals surface area contributed by atoms with E-state index in [9.17, 15) is 4.79 Å². The predicted molar refractivity (Wildman–Crippen MR) is 81.3 cm³/mol. The molecule has 1 atom stereocenters. The summed E-state index contributed by atoms with van der Waals surface area (Å²) >= 11 is 0. The van der Waals surface area contributed by atoms with E-state index in [0.717, 1.165) is 23.5 Å². The molecule has 1 unspecified atom stereocenters. The SMILES string of the molecule is CCC1CN(C(=O)NCc2ccc3c(c2)OCCO3)CCO1. The average Bonchev–Trinajstić information content (AvgIpc) is 2.59. The zero-order valence-corrected chi connectivity index (χ0v) is 12.8. The smallest absolute Gasteiger partial charge is 0.317 e. The second kappa shape index (κ2) is 6.87. The van der Waals surface area contributed by atoms with E-state index in [1.165, 1.54) is 0 Å². The number of hydrogen-bond donors (Lipinski definition) is 1. The number of nitrogens with one attached hydrogen (secondary N) is 1. The van der Waals surface area contributed by atoms with Gasteiger partial charge in [0.2, 0.25) is 0 Å². The molecule has 1 aromatic carbocycles. The molecule has 0 aliphatic carbocycles. The number of ether oxygens (including phenoxy) is 3. The van der Waals surface area contributed by atoms with Gasteiger partial charge >= 0.3 is 6.03 Å². The number of amides is 2. The third-order valence-electron chi connectivity index (χ3n) is 3.93. The van der Waals surface area contributed by atoms with Crippen LogP contribution in [-0.2, 0) is 11.3 Å². The van der Waals surface area contributed by atoms with E-state index in [2.05, 4.69) is 12.2 Å². The molecule has 0 spiro atoms. The molecular weight excluding hydrogens is 284 g/mol. The third kappa shape index (κ3) is 3.44. The van der Waals surface area contributed by atoms with Gasteiger partial charge in [0.15, 0.2) is 11.5 Å². The summed E-state index contributed by atoms with van der Waals surface area (Å²) in [7, 11) is 0. The first kappa shape index (κ1) is 15.0. The van der Waals surface area contributed by atoms with Gasteiger partial charge in [0, 0.05) is 19.6 Å². The van der Waals surface area contributed by atoms with Gasteiger partial charge in [-0.1, -0.05) is 13.0 Å². The largest absolute Gasteiger partial charge is 0.486 e. The van der Waals surface area contributed by atoms with Gasteiger partial charge in [-0.3, -0.25) is 0 Å². The molecule has 1 aromatic rings. The number of nitrogens with zero attached hydrogens (tertiary/aromatic N) is 1. The zero-order valence-electron chi connectivity index (χ0n) is 12.8. The lowest BCUT2D eigenvalue weighted by molar-refractivity contribution is -0.0154. The van der Waals surface area contributed by atoms with Gasteiger partial charge in [-0.05, 0) is 24.1 Å². The maximum atomic E-state index is 12.2. The molecule has 1 saturated heterocycles. The minimum Gasteiger partial charge on any atom is -0.486 e. The molecule has 6 nitrogen and oxygen atoms in total. The van der Waals surface area contributed by atoms with Crippen molar-refractivity contribution in [3.8, 4) is 11.5 Å². The van der Waals surface area contributed by atoms with Crippen LogP contribution in [0, 0.1) is 0 Å². The van der Waals surface area contributed by atoms with Crippen LogP contribution in [0.2, 0.25) is 0 Å². The molecule has 0 saturated carbocycles. The monoisotopic (exact) mass is 306 g/mol. The fourth-order valence-corrected chi connectivity index (χ4v) is 2.64. The number of benzene rings is 1. The Labute approximate surface area is 130 Å². The molecule has 0 aromatic heterocycles. The first-order valence-electron chi connectivity index (χ1n) is 7.79. The normalized spacial score (nSPS) is 20.6. The summed E-state index contributed by atoms with van der Waals surface area (Å²) in [5.41, 5.74) is 0.998. The van der Waals surface area contributed by atoms with E-state index in [4.69, 9.17) is 14.2 Å². The summed E-state index contributed by atoms with van der Waals surface area (Å²) in [5, 5.41) is 2.96. The number of urea groups is 1. The van der Waals surface area contributed by atoms with Crippen LogP contribution in [0.15, 0.2) is 18.2 Å². The number of carbonyl (C=O) groups is 1. The van der Waals surface area contributed by atoms with E-state index in [-0.39, 0.29) is 12.1 Å². The lowest BCUT2D eigenvalue weighted by atomic mass is 10.2. The van der Waals surface area contributed by atoms with Gasteiger partial charge in [-0.2, -0.15) is 0 Å². The van der Waals surface area contributed by atoms with Gasteiger partial charge in [0.1, 0.15) is 13.2 Å². The molecule has 3 rings (SSSR count). The summed E-state index contributed by atoms with van der Waals surface area (Å²) < 4.78 is 16.6. The van der Waals surface area contributed by atoms with Crippen LogP contribution < -0.4 is 14.8 Å². The number of rotatable bonds is 3. The van der Waals surface area contributed by atoms with E-state index in [1.807, 2.05) is 23.1 Å². The molecule has 2 amide bonds. The highest BCUT2D eigenvalue weighted by molar-refractivity contribution is 5.74. The van der Waals surface area contributed by atoms with Gasteiger partial charge in [0.25, 0.3) is 0 Å². The van der Waals surface area contributed by atoms with Gasteiger partial charge < -0.3 is 24.4 Å². The number of hydrogen-bond acceptors (Lipinski definition) is 4. The van der Waals surface area contributed by atoms with Crippen LogP contribution >= 0.6 is 0 Å². The Kier molecular flexibility index (Phi) is 4.68. The fraction of sp³-hybridized carbons (Fsp3) is 0.562. The van der Waals surface area contributed by atoms with Crippen LogP contribution in [0.4, 0.5) is 4.79 Å². The Morgan fingerprint density at radius 2 is 2.09 bits per heavy atom. The molecule has 6 heteroatoms.